The van der Waals surface area contributed by atoms with Gasteiger partial charge in [0.05, 0.1) is 22.7 Å². The number of benzene rings is 2. The fourth-order valence-corrected chi connectivity index (χ4v) is 2.94. The Labute approximate surface area is 156 Å². The third kappa shape index (κ3) is 3.89. The van der Waals surface area contributed by atoms with E-state index in [1.807, 2.05) is 26.0 Å². The Morgan fingerprint density at radius 3 is 2.44 bits per heavy atom. The molecule has 0 spiro atoms. The van der Waals surface area contributed by atoms with Crippen LogP contribution in [-0.4, -0.2) is 22.8 Å². The van der Waals surface area contributed by atoms with Crippen molar-refractivity contribution in [2.24, 2.45) is 0 Å². The van der Waals surface area contributed by atoms with Gasteiger partial charge in [-0.15, -0.1) is 0 Å². The number of nitro groups is 1. The van der Waals surface area contributed by atoms with Crippen molar-refractivity contribution >= 4 is 34.6 Å². The maximum Gasteiger partial charge on any atom is 0.274 e. The van der Waals surface area contributed by atoms with Crippen LogP contribution in [0, 0.1) is 30.9 Å². The van der Waals surface area contributed by atoms with E-state index in [-0.39, 0.29) is 18.0 Å². The van der Waals surface area contributed by atoms with Crippen molar-refractivity contribution in [3.05, 3.63) is 57.1 Å². The number of nitro benzene ring substituents is 1. The predicted molar refractivity (Wildman–Crippen MR) is 103 cm³/mol. The van der Waals surface area contributed by atoms with Gasteiger partial charge >= 0.3 is 0 Å². The molecule has 0 aromatic heterocycles. The molecule has 8 heteroatoms. The van der Waals surface area contributed by atoms with Crippen molar-refractivity contribution in [3.8, 4) is 0 Å². The number of nitrogens with zero attached hydrogens (tertiary/aromatic N) is 1. The van der Waals surface area contributed by atoms with Gasteiger partial charge in [0, 0.05) is 17.3 Å². The molecule has 1 atom stereocenters. The van der Waals surface area contributed by atoms with E-state index in [4.69, 9.17) is 0 Å². The lowest BCUT2D eigenvalue weighted by atomic mass is 10.0. The Hall–Kier alpha value is -3.42. The Kier molecular flexibility index (Phi) is 4.81. The Balaban J connectivity index is 1.71. The number of carbonyl (C=O) groups excluding carboxylic acids is 2. The second-order valence-electron chi connectivity index (χ2n) is 6.68. The Morgan fingerprint density at radius 1 is 1.11 bits per heavy atom. The van der Waals surface area contributed by atoms with E-state index < -0.39 is 16.9 Å². The van der Waals surface area contributed by atoms with Gasteiger partial charge in [-0.05, 0) is 50.1 Å². The van der Waals surface area contributed by atoms with E-state index in [1.165, 1.54) is 6.07 Å². The largest absolute Gasteiger partial charge is 0.372 e. The summed E-state index contributed by atoms with van der Waals surface area (Å²) in [5.74, 6) is -0.705. The molecule has 2 amide bonds. The van der Waals surface area contributed by atoms with Gasteiger partial charge < -0.3 is 16.0 Å². The monoisotopic (exact) mass is 368 g/mol. The lowest BCUT2D eigenvalue weighted by Crippen LogP contribution is -2.41. The fourth-order valence-electron chi connectivity index (χ4n) is 2.94. The first-order valence-corrected chi connectivity index (χ1v) is 8.48. The Bertz CT molecular complexity index is 955. The number of nitrogens with one attached hydrogen (secondary N) is 3. The second kappa shape index (κ2) is 7.06. The van der Waals surface area contributed by atoms with Crippen LogP contribution in [0.3, 0.4) is 0 Å². The zero-order valence-corrected chi connectivity index (χ0v) is 15.3. The number of fused-ring (bicyclic) bond motifs is 1. The number of carbonyl (C=O) groups is 2. The molecule has 3 N–H and O–H groups in total. The third-order valence-corrected chi connectivity index (χ3v) is 4.62. The Morgan fingerprint density at radius 2 is 1.78 bits per heavy atom. The van der Waals surface area contributed by atoms with Gasteiger partial charge in [-0.2, -0.15) is 0 Å². The summed E-state index contributed by atoms with van der Waals surface area (Å²) in [6.45, 7) is 5.56. The van der Waals surface area contributed by atoms with Gasteiger partial charge in [-0.1, -0.05) is 6.07 Å². The molecule has 2 aromatic rings. The summed E-state index contributed by atoms with van der Waals surface area (Å²) < 4.78 is 0. The predicted octanol–water partition coefficient (Wildman–Crippen LogP) is 3.28. The third-order valence-electron chi connectivity index (χ3n) is 4.62. The lowest BCUT2D eigenvalue weighted by molar-refractivity contribution is -0.385. The van der Waals surface area contributed by atoms with Crippen LogP contribution in [0.5, 0.6) is 0 Å². The van der Waals surface area contributed by atoms with Crippen LogP contribution >= 0.6 is 0 Å². The van der Waals surface area contributed by atoms with Crippen LogP contribution in [0.1, 0.15) is 23.1 Å². The number of rotatable bonds is 4. The molecule has 1 heterocycles. The van der Waals surface area contributed by atoms with Crippen LogP contribution < -0.4 is 16.0 Å². The smallest absolute Gasteiger partial charge is 0.274 e. The highest BCUT2D eigenvalue weighted by atomic mass is 16.6. The molecular formula is C19H20N4O4. The van der Waals surface area contributed by atoms with E-state index in [1.54, 1.807) is 19.1 Å². The summed E-state index contributed by atoms with van der Waals surface area (Å²) in [5.41, 5.74) is 4.35. The minimum absolute atomic E-state index is 0.0684. The average Bonchev–Trinajstić information content (AvgIpc) is 2.59. The molecule has 140 valence electrons. The topological polar surface area (TPSA) is 113 Å². The minimum atomic E-state index is -0.722. The zero-order chi connectivity index (χ0) is 19.7. The summed E-state index contributed by atoms with van der Waals surface area (Å²) in [5, 5.41) is 19.5. The highest BCUT2D eigenvalue weighted by molar-refractivity contribution is 6.06. The van der Waals surface area contributed by atoms with E-state index in [2.05, 4.69) is 16.0 Å². The first-order valence-electron chi connectivity index (χ1n) is 8.48. The standard InChI is InChI=1S/C19H20N4O4/c1-10-4-5-13(8-17(10)23(26)27)20-18(24)9-16-19(25)22-15-7-12(3)11(2)6-14(15)21-16/h4-8,16,21H,9H2,1-3H3,(H,20,24)(H,22,25)/t16-/m0/s1. The summed E-state index contributed by atoms with van der Waals surface area (Å²) in [4.78, 5) is 35.1. The molecule has 27 heavy (non-hydrogen) atoms. The molecule has 0 bridgehead atoms. The maximum absolute atomic E-state index is 12.3. The van der Waals surface area contributed by atoms with Crippen molar-refractivity contribution in [1.29, 1.82) is 0 Å². The van der Waals surface area contributed by atoms with Crippen molar-refractivity contribution in [2.45, 2.75) is 33.2 Å². The van der Waals surface area contributed by atoms with E-state index in [0.717, 1.165) is 16.8 Å². The normalized spacial score (nSPS) is 15.4. The highest BCUT2D eigenvalue weighted by Gasteiger charge is 2.28. The molecule has 0 fully saturated rings. The van der Waals surface area contributed by atoms with Crippen LogP contribution in [-0.2, 0) is 9.59 Å². The molecule has 2 aromatic carbocycles. The minimum Gasteiger partial charge on any atom is -0.372 e. The van der Waals surface area contributed by atoms with Crippen molar-refractivity contribution in [3.63, 3.8) is 0 Å². The molecule has 0 unspecified atom stereocenters. The molecule has 8 nitrogen and oxygen atoms in total. The van der Waals surface area contributed by atoms with Gasteiger partial charge in [0.2, 0.25) is 11.8 Å². The number of hydrogen-bond donors (Lipinski definition) is 3. The maximum atomic E-state index is 12.3. The number of anilines is 3. The van der Waals surface area contributed by atoms with Crippen molar-refractivity contribution in [2.75, 3.05) is 16.0 Å². The molecule has 1 aliphatic rings. The molecule has 0 saturated carbocycles. The van der Waals surface area contributed by atoms with Crippen LogP contribution in [0.4, 0.5) is 22.7 Å². The molecule has 0 aliphatic carbocycles. The van der Waals surface area contributed by atoms with E-state index in [0.29, 0.717) is 16.9 Å². The summed E-state index contributed by atoms with van der Waals surface area (Å²) >= 11 is 0. The first-order chi connectivity index (χ1) is 12.7. The van der Waals surface area contributed by atoms with Gasteiger partial charge in [0.25, 0.3) is 5.69 Å². The molecule has 1 aliphatic heterocycles. The van der Waals surface area contributed by atoms with Crippen LogP contribution in [0.15, 0.2) is 30.3 Å². The van der Waals surface area contributed by atoms with Gasteiger partial charge in [0.1, 0.15) is 6.04 Å². The van der Waals surface area contributed by atoms with Crippen LogP contribution in [0.25, 0.3) is 0 Å². The fraction of sp³-hybridized carbons (Fsp3) is 0.263. The zero-order valence-electron chi connectivity index (χ0n) is 15.3. The van der Waals surface area contributed by atoms with Crippen LogP contribution in [0.2, 0.25) is 0 Å². The molecule has 0 radical (unpaired) electrons. The second-order valence-corrected chi connectivity index (χ2v) is 6.68. The highest BCUT2D eigenvalue weighted by Crippen LogP contribution is 2.30. The van der Waals surface area contributed by atoms with E-state index >= 15 is 0 Å². The SMILES string of the molecule is Cc1cc2c(cc1C)N[C@@H](CC(=O)Nc1ccc(C)c([N+](=O)[O-])c1)C(=O)N2. The van der Waals surface area contributed by atoms with Crippen molar-refractivity contribution < 1.29 is 14.5 Å². The van der Waals surface area contributed by atoms with Gasteiger partial charge in [-0.25, -0.2) is 0 Å². The summed E-state index contributed by atoms with van der Waals surface area (Å²) in [6.07, 6.45) is -0.0973. The molecule has 0 saturated heterocycles. The lowest BCUT2D eigenvalue weighted by Gasteiger charge is -2.27. The van der Waals surface area contributed by atoms with E-state index in [9.17, 15) is 19.7 Å². The molecular weight excluding hydrogens is 348 g/mol. The first kappa shape index (κ1) is 18.4. The van der Waals surface area contributed by atoms with Crippen molar-refractivity contribution in [1.82, 2.24) is 0 Å². The summed E-state index contributed by atoms with van der Waals surface area (Å²) in [7, 11) is 0. The number of amides is 2. The van der Waals surface area contributed by atoms with Gasteiger partial charge in [0.15, 0.2) is 0 Å². The van der Waals surface area contributed by atoms with Gasteiger partial charge in [-0.3, -0.25) is 19.7 Å². The number of hydrogen-bond acceptors (Lipinski definition) is 5. The number of aryl methyl sites for hydroxylation is 3. The average molecular weight is 368 g/mol. The quantitative estimate of drug-likeness (QED) is 0.566. The molecule has 3 rings (SSSR count). The summed E-state index contributed by atoms with van der Waals surface area (Å²) in [6, 6.07) is 7.56.